The summed E-state index contributed by atoms with van der Waals surface area (Å²) in [7, 11) is 2.36. The maximum atomic E-state index is 3.94. The number of hydrogen-bond donors (Lipinski definition) is 1. The Bertz CT molecular complexity index is 266. The van der Waals surface area contributed by atoms with Crippen LogP contribution in [-0.2, 0) is 0 Å². The van der Waals surface area contributed by atoms with Crippen LogP contribution in [0.1, 0.15) is 51.9 Å². The van der Waals surface area contributed by atoms with Crippen LogP contribution in [0.2, 0.25) is 0 Å². The molecule has 3 fully saturated rings. The first-order chi connectivity index (χ1) is 7.65. The summed E-state index contributed by atoms with van der Waals surface area (Å²) in [5, 5.41) is 3.94. The van der Waals surface area contributed by atoms with Gasteiger partial charge in [0.15, 0.2) is 0 Å². The second kappa shape index (κ2) is 3.71. The van der Waals surface area contributed by atoms with Gasteiger partial charge in [0.2, 0.25) is 0 Å². The quantitative estimate of drug-likeness (QED) is 0.733. The molecular formula is C14H26N2. The lowest BCUT2D eigenvalue weighted by molar-refractivity contribution is 0.00746. The highest BCUT2D eigenvalue weighted by atomic mass is 15.3. The first-order valence-electron chi connectivity index (χ1n) is 7.11. The van der Waals surface area contributed by atoms with Crippen LogP contribution in [0.3, 0.4) is 0 Å². The minimum Gasteiger partial charge on any atom is -0.308 e. The minimum atomic E-state index is 0.447. The van der Waals surface area contributed by atoms with Crippen molar-refractivity contribution in [2.75, 3.05) is 20.1 Å². The van der Waals surface area contributed by atoms with Crippen LogP contribution in [0, 0.1) is 5.92 Å². The van der Waals surface area contributed by atoms with E-state index >= 15 is 0 Å². The predicted molar refractivity (Wildman–Crippen MR) is 67.6 cm³/mol. The Kier molecular flexibility index (Phi) is 2.56. The van der Waals surface area contributed by atoms with Gasteiger partial charge in [0.05, 0.1) is 0 Å². The van der Waals surface area contributed by atoms with Gasteiger partial charge < -0.3 is 5.32 Å². The molecule has 16 heavy (non-hydrogen) atoms. The van der Waals surface area contributed by atoms with E-state index in [1.54, 1.807) is 0 Å². The Hall–Kier alpha value is -0.0800. The molecule has 0 aromatic rings. The number of nitrogens with one attached hydrogen (secondary N) is 1. The van der Waals surface area contributed by atoms with Gasteiger partial charge in [0.1, 0.15) is 0 Å². The zero-order chi connectivity index (χ0) is 11.2. The zero-order valence-corrected chi connectivity index (χ0v) is 10.9. The van der Waals surface area contributed by atoms with E-state index in [1.807, 2.05) is 0 Å². The van der Waals surface area contributed by atoms with Gasteiger partial charge in [0, 0.05) is 24.2 Å². The molecule has 1 atom stereocenters. The van der Waals surface area contributed by atoms with Crippen molar-refractivity contribution in [1.29, 1.82) is 0 Å². The molecule has 1 unspecified atom stereocenters. The van der Waals surface area contributed by atoms with Crippen LogP contribution >= 0.6 is 0 Å². The van der Waals surface area contributed by atoms with Crippen LogP contribution in [0.25, 0.3) is 0 Å². The lowest BCUT2D eigenvalue weighted by Gasteiger charge is -2.54. The third kappa shape index (κ3) is 1.70. The molecule has 0 aromatic heterocycles. The number of nitrogens with zero attached hydrogens (tertiary/aromatic N) is 1. The summed E-state index contributed by atoms with van der Waals surface area (Å²) in [5.74, 6) is 0.964. The van der Waals surface area contributed by atoms with E-state index in [4.69, 9.17) is 0 Å². The van der Waals surface area contributed by atoms with Crippen molar-refractivity contribution < 1.29 is 0 Å². The number of likely N-dealkylation sites (N-methyl/N-ethyl adjacent to an activating group) is 1. The van der Waals surface area contributed by atoms with Gasteiger partial charge >= 0.3 is 0 Å². The highest BCUT2D eigenvalue weighted by Gasteiger charge is 2.50. The van der Waals surface area contributed by atoms with Crippen molar-refractivity contribution in [3.05, 3.63) is 0 Å². The van der Waals surface area contributed by atoms with Gasteiger partial charge in [-0.2, -0.15) is 0 Å². The van der Waals surface area contributed by atoms with E-state index < -0.39 is 0 Å². The maximum Gasteiger partial charge on any atom is 0.0331 e. The summed E-state index contributed by atoms with van der Waals surface area (Å²) in [5.41, 5.74) is 0.921. The molecule has 3 aliphatic rings. The fourth-order valence-corrected chi connectivity index (χ4v) is 3.92. The molecule has 1 spiro atoms. The van der Waals surface area contributed by atoms with Crippen molar-refractivity contribution in [2.24, 2.45) is 5.92 Å². The molecule has 3 rings (SSSR count). The van der Waals surface area contributed by atoms with Crippen LogP contribution in [0.5, 0.6) is 0 Å². The minimum absolute atomic E-state index is 0.447. The standard InChI is InChI=1S/C14H26N2/c1-13(12-6-7-12)10-15-14(11-16(13)2)8-4-3-5-9-14/h12,15H,3-11H2,1-2H3. The van der Waals surface area contributed by atoms with E-state index in [1.165, 1.54) is 58.0 Å². The molecule has 1 saturated heterocycles. The Labute approximate surface area is 99.8 Å². The first kappa shape index (κ1) is 11.0. The molecule has 2 heteroatoms. The summed E-state index contributed by atoms with van der Waals surface area (Å²) in [6.45, 7) is 4.96. The van der Waals surface area contributed by atoms with Crippen LogP contribution in [0.4, 0.5) is 0 Å². The van der Waals surface area contributed by atoms with Crippen molar-refractivity contribution in [1.82, 2.24) is 10.2 Å². The molecule has 1 N–H and O–H groups in total. The Balaban J connectivity index is 1.71. The third-order valence-electron chi connectivity index (χ3n) is 5.50. The summed E-state index contributed by atoms with van der Waals surface area (Å²) in [6, 6.07) is 0. The van der Waals surface area contributed by atoms with E-state index in [2.05, 4.69) is 24.2 Å². The van der Waals surface area contributed by atoms with Crippen molar-refractivity contribution in [2.45, 2.75) is 62.9 Å². The molecule has 0 aromatic carbocycles. The molecule has 0 amide bonds. The summed E-state index contributed by atoms with van der Waals surface area (Å²) >= 11 is 0. The highest BCUT2D eigenvalue weighted by molar-refractivity contribution is 5.08. The van der Waals surface area contributed by atoms with Gasteiger partial charge in [-0.25, -0.2) is 0 Å². The molecule has 2 nitrogen and oxygen atoms in total. The topological polar surface area (TPSA) is 15.3 Å². The molecule has 0 radical (unpaired) electrons. The smallest absolute Gasteiger partial charge is 0.0331 e. The van der Waals surface area contributed by atoms with Crippen LogP contribution in [-0.4, -0.2) is 36.1 Å². The molecule has 92 valence electrons. The lowest BCUT2D eigenvalue weighted by atomic mass is 9.76. The number of piperazine rings is 1. The number of hydrogen-bond acceptors (Lipinski definition) is 2. The summed E-state index contributed by atoms with van der Waals surface area (Å²) < 4.78 is 0. The zero-order valence-electron chi connectivity index (χ0n) is 10.9. The summed E-state index contributed by atoms with van der Waals surface area (Å²) in [6.07, 6.45) is 10.0. The molecular weight excluding hydrogens is 196 g/mol. The van der Waals surface area contributed by atoms with Gasteiger partial charge in [-0.15, -0.1) is 0 Å². The molecule has 0 bridgehead atoms. The summed E-state index contributed by atoms with van der Waals surface area (Å²) in [4.78, 5) is 2.67. The molecule has 1 heterocycles. The van der Waals surface area contributed by atoms with Crippen molar-refractivity contribution >= 4 is 0 Å². The molecule has 2 saturated carbocycles. The largest absolute Gasteiger partial charge is 0.308 e. The van der Waals surface area contributed by atoms with E-state index in [0.29, 0.717) is 11.1 Å². The molecule has 2 aliphatic carbocycles. The van der Waals surface area contributed by atoms with Crippen molar-refractivity contribution in [3.8, 4) is 0 Å². The van der Waals surface area contributed by atoms with Crippen LogP contribution in [0.15, 0.2) is 0 Å². The Morgan fingerprint density at radius 2 is 1.81 bits per heavy atom. The SMILES string of the molecule is CN1CC2(CCCCC2)NCC1(C)C1CC1. The average molecular weight is 222 g/mol. The average Bonchev–Trinajstić information content (AvgIpc) is 3.10. The molecule has 1 aliphatic heterocycles. The lowest BCUT2D eigenvalue weighted by Crippen LogP contribution is -2.69. The van der Waals surface area contributed by atoms with Gasteiger partial charge in [-0.05, 0) is 45.6 Å². The predicted octanol–water partition coefficient (Wildman–Crippen LogP) is 2.39. The highest BCUT2D eigenvalue weighted by Crippen LogP contribution is 2.45. The van der Waals surface area contributed by atoms with E-state index in [9.17, 15) is 0 Å². The first-order valence-corrected chi connectivity index (χ1v) is 7.11. The fourth-order valence-electron chi connectivity index (χ4n) is 3.92. The normalized spacial score (nSPS) is 40.1. The second-order valence-electron chi connectivity index (χ2n) is 6.68. The fraction of sp³-hybridized carbons (Fsp3) is 1.00. The Morgan fingerprint density at radius 1 is 1.12 bits per heavy atom. The van der Waals surface area contributed by atoms with Crippen molar-refractivity contribution in [3.63, 3.8) is 0 Å². The van der Waals surface area contributed by atoms with E-state index in [-0.39, 0.29) is 0 Å². The third-order valence-corrected chi connectivity index (χ3v) is 5.50. The van der Waals surface area contributed by atoms with Crippen LogP contribution < -0.4 is 5.32 Å². The second-order valence-corrected chi connectivity index (χ2v) is 6.68. The maximum absolute atomic E-state index is 3.94. The van der Waals surface area contributed by atoms with Gasteiger partial charge in [-0.3, -0.25) is 4.90 Å². The van der Waals surface area contributed by atoms with Gasteiger partial charge in [-0.1, -0.05) is 19.3 Å². The van der Waals surface area contributed by atoms with E-state index in [0.717, 1.165) is 5.92 Å². The monoisotopic (exact) mass is 222 g/mol. The Morgan fingerprint density at radius 3 is 2.38 bits per heavy atom. The number of rotatable bonds is 1. The van der Waals surface area contributed by atoms with Gasteiger partial charge in [0.25, 0.3) is 0 Å².